The van der Waals surface area contributed by atoms with Gasteiger partial charge in [-0.05, 0) is 66.4 Å². The Morgan fingerprint density at radius 1 is 1.31 bits per heavy atom. The Hall–Kier alpha value is -0.960. The van der Waals surface area contributed by atoms with E-state index in [1.807, 2.05) is 6.07 Å². The number of amides is 1. The van der Waals surface area contributed by atoms with Gasteiger partial charge in [0.05, 0.1) is 4.90 Å². The van der Waals surface area contributed by atoms with Gasteiger partial charge in [0.15, 0.2) is 0 Å². The Bertz CT molecular complexity index is 797. The van der Waals surface area contributed by atoms with Crippen LogP contribution in [-0.4, -0.2) is 51.4 Å². The zero-order valence-corrected chi connectivity index (χ0v) is 17.7. The van der Waals surface area contributed by atoms with Crippen LogP contribution in [0.2, 0.25) is 0 Å². The number of anilines is 1. The van der Waals surface area contributed by atoms with Crippen LogP contribution in [0.5, 0.6) is 0 Å². The summed E-state index contributed by atoms with van der Waals surface area (Å²) in [5.74, 6) is -0.0681. The fourth-order valence-electron chi connectivity index (χ4n) is 3.81. The molecule has 1 atom stereocenters. The van der Waals surface area contributed by atoms with E-state index in [0.29, 0.717) is 35.8 Å². The van der Waals surface area contributed by atoms with Crippen LogP contribution in [0.1, 0.15) is 38.7 Å². The minimum atomic E-state index is -3.64. The van der Waals surface area contributed by atoms with Crippen molar-refractivity contribution in [1.29, 1.82) is 0 Å². The molecule has 0 spiro atoms. The standard InChI is InChI=1S/C18H26BrN3O3S/c1-13-5-3-4-8-21(13)10-7-20-26(24,25)18-12-17-15(11-16(18)19)6-9-22(17)14(2)23/h11-13,20H,3-10H2,1-2H3. The predicted octanol–water partition coefficient (Wildman–Crippen LogP) is 2.51. The second kappa shape index (κ2) is 7.96. The highest BCUT2D eigenvalue weighted by Crippen LogP contribution is 2.35. The number of carbonyl (C=O) groups excluding carboxylic acids is 1. The number of likely N-dealkylation sites (tertiary alicyclic amines) is 1. The molecular weight excluding hydrogens is 418 g/mol. The third kappa shape index (κ3) is 4.13. The Labute approximate surface area is 164 Å². The summed E-state index contributed by atoms with van der Waals surface area (Å²) in [6, 6.07) is 3.93. The first-order chi connectivity index (χ1) is 12.3. The van der Waals surface area contributed by atoms with Crippen molar-refractivity contribution in [1.82, 2.24) is 9.62 Å². The first-order valence-corrected chi connectivity index (χ1v) is 11.4. The number of rotatable bonds is 5. The second-order valence-electron chi connectivity index (χ2n) is 7.11. The topological polar surface area (TPSA) is 69.7 Å². The van der Waals surface area contributed by atoms with Gasteiger partial charge in [-0.3, -0.25) is 9.69 Å². The number of hydrogen-bond acceptors (Lipinski definition) is 4. The summed E-state index contributed by atoms with van der Waals surface area (Å²) in [5.41, 5.74) is 1.69. The molecule has 1 N–H and O–H groups in total. The van der Waals surface area contributed by atoms with E-state index in [-0.39, 0.29) is 10.8 Å². The van der Waals surface area contributed by atoms with E-state index < -0.39 is 10.0 Å². The van der Waals surface area contributed by atoms with E-state index in [2.05, 4.69) is 32.5 Å². The third-order valence-corrected chi connectivity index (χ3v) is 7.75. The van der Waals surface area contributed by atoms with Gasteiger partial charge in [0.1, 0.15) is 0 Å². The Morgan fingerprint density at radius 3 is 2.77 bits per heavy atom. The number of halogens is 1. The van der Waals surface area contributed by atoms with E-state index in [1.54, 1.807) is 11.0 Å². The number of nitrogens with zero attached hydrogens (tertiary/aromatic N) is 2. The lowest BCUT2D eigenvalue weighted by atomic mass is 10.0. The quantitative estimate of drug-likeness (QED) is 0.758. The number of sulfonamides is 1. The second-order valence-corrected chi connectivity index (χ2v) is 9.70. The molecule has 6 nitrogen and oxygen atoms in total. The summed E-state index contributed by atoms with van der Waals surface area (Å²) in [6.07, 6.45) is 4.34. The summed E-state index contributed by atoms with van der Waals surface area (Å²) in [4.78, 5) is 15.9. The van der Waals surface area contributed by atoms with Gasteiger partial charge in [-0.25, -0.2) is 13.1 Å². The molecule has 3 rings (SSSR count). The molecule has 0 bridgehead atoms. The molecule has 1 amide bonds. The molecule has 1 aromatic rings. The van der Waals surface area contributed by atoms with Crippen molar-refractivity contribution in [3.8, 4) is 0 Å². The largest absolute Gasteiger partial charge is 0.312 e. The van der Waals surface area contributed by atoms with Crippen LogP contribution in [0.15, 0.2) is 21.5 Å². The van der Waals surface area contributed by atoms with Crippen LogP contribution in [0.3, 0.4) is 0 Å². The van der Waals surface area contributed by atoms with Crippen molar-refractivity contribution in [2.75, 3.05) is 31.1 Å². The molecule has 0 aliphatic carbocycles. The molecule has 26 heavy (non-hydrogen) atoms. The fourth-order valence-corrected chi connectivity index (χ4v) is 5.94. The van der Waals surface area contributed by atoms with Crippen molar-refractivity contribution in [2.24, 2.45) is 0 Å². The molecule has 144 valence electrons. The molecule has 2 aliphatic rings. The van der Waals surface area contributed by atoms with Crippen molar-refractivity contribution in [3.63, 3.8) is 0 Å². The van der Waals surface area contributed by atoms with Gasteiger partial charge >= 0.3 is 0 Å². The number of hydrogen-bond donors (Lipinski definition) is 1. The zero-order valence-electron chi connectivity index (χ0n) is 15.3. The molecule has 0 aromatic heterocycles. The highest BCUT2D eigenvalue weighted by atomic mass is 79.9. The lowest BCUT2D eigenvalue weighted by molar-refractivity contribution is -0.116. The number of benzene rings is 1. The maximum Gasteiger partial charge on any atom is 0.241 e. The Balaban J connectivity index is 1.73. The van der Waals surface area contributed by atoms with Crippen molar-refractivity contribution >= 4 is 37.5 Å². The first kappa shape index (κ1) is 19.8. The molecule has 8 heteroatoms. The number of fused-ring (bicyclic) bond motifs is 1. The van der Waals surface area contributed by atoms with Crippen LogP contribution < -0.4 is 9.62 Å². The van der Waals surface area contributed by atoms with Crippen LogP contribution >= 0.6 is 15.9 Å². The average molecular weight is 444 g/mol. The summed E-state index contributed by atoms with van der Waals surface area (Å²) in [6.45, 7) is 6.42. The SMILES string of the molecule is CC(=O)N1CCc2cc(Br)c(S(=O)(=O)NCCN3CCCCC3C)cc21. The van der Waals surface area contributed by atoms with Crippen LogP contribution in [0.4, 0.5) is 5.69 Å². The van der Waals surface area contributed by atoms with E-state index in [9.17, 15) is 13.2 Å². The Morgan fingerprint density at radius 2 is 2.08 bits per heavy atom. The van der Waals surface area contributed by atoms with Crippen LogP contribution in [0.25, 0.3) is 0 Å². The Kier molecular flexibility index (Phi) is 6.06. The summed E-state index contributed by atoms with van der Waals surface area (Å²) < 4.78 is 28.8. The van der Waals surface area contributed by atoms with Gasteiger partial charge in [-0.1, -0.05) is 6.42 Å². The molecule has 0 saturated carbocycles. The van der Waals surface area contributed by atoms with Crippen molar-refractivity contribution < 1.29 is 13.2 Å². The van der Waals surface area contributed by atoms with E-state index >= 15 is 0 Å². The van der Waals surface area contributed by atoms with Gasteiger partial charge in [-0.15, -0.1) is 0 Å². The maximum atomic E-state index is 12.8. The summed E-state index contributed by atoms with van der Waals surface area (Å²) in [5, 5.41) is 0. The van der Waals surface area contributed by atoms with Gasteiger partial charge < -0.3 is 4.90 Å². The number of nitrogens with one attached hydrogen (secondary N) is 1. The lowest BCUT2D eigenvalue weighted by Gasteiger charge is -2.33. The normalized spacial score (nSPS) is 21.0. The molecular formula is C18H26BrN3O3S. The molecule has 2 heterocycles. The van der Waals surface area contributed by atoms with Gasteiger partial charge in [0, 0.05) is 42.8 Å². The maximum absolute atomic E-state index is 12.8. The summed E-state index contributed by atoms with van der Waals surface area (Å²) in [7, 11) is -3.64. The highest BCUT2D eigenvalue weighted by Gasteiger charge is 2.27. The summed E-state index contributed by atoms with van der Waals surface area (Å²) >= 11 is 3.39. The van der Waals surface area contributed by atoms with Crippen molar-refractivity contribution in [3.05, 3.63) is 22.2 Å². The first-order valence-electron chi connectivity index (χ1n) is 9.14. The number of piperidine rings is 1. The van der Waals surface area contributed by atoms with E-state index in [4.69, 9.17) is 0 Å². The minimum Gasteiger partial charge on any atom is -0.312 e. The molecule has 1 saturated heterocycles. The molecule has 1 unspecified atom stereocenters. The predicted molar refractivity (Wildman–Crippen MR) is 106 cm³/mol. The molecule has 1 fully saturated rings. The smallest absolute Gasteiger partial charge is 0.241 e. The van der Waals surface area contributed by atoms with Crippen molar-refractivity contribution in [2.45, 2.75) is 50.5 Å². The lowest BCUT2D eigenvalue weighted by Crippen LogP contribution is -2.42. The molecule has 2 aliphatic heterocycles. The van der Waals surface area contributed by atoms with E-state index in [1.165, 1.54) is 26.2 Å². The van der Waals surface area contributed by atoms with Crippen LogP contribution in [-0.2, 0) is 21.2 Å². The van der Waals surface area contributed by atoms with Gasteiger partial charge in [-0.2, -0.15) is 0 Å². The van der Waals surface area contributed by atoms with E-state index in [0.717, 1.165) is 18.5 Å². The monoisotopic (exact) mass is 443 g/mol. The van der Waals surface area contributed by atoms with Gasteiger partial charge in [0.2, 0.25) is 15.9 Å². The zero-order chi connectivity index (χ0) is 18.9. The molecule has 1 aromatic carbocycles. The average Bonchev–Trinajstić information content (AvgIpc) is 2.98. The van der Waals surface area contributed by atoms with Gasteiger partial charge in [0.25, 0.3) is 0 Å². The minimum absolute atomic E-state index is 0.0681. The highest BCUT2D eigenvalue weighted by molar-refractivity contribution is 9.10. The molecule has 0 radical (unpaired) electrons. The fraction of sp³-hybridized carbons (Fsp3) is 0.611. The third-order valence-electron chi connectivity index (χ3n) is 5.33. The van der Waals surface area contributed by atoms with Crippen LogP contribution in [0, 0.1) is 0 Å². The number of carbonyl (C=O) groups is 1.